The van der Waals surface area contributed by atoms with Gasteiger partial charge in [0.25, 0.3) is 0 Å². The Balaban J connectivity index is 1.16. The lowest BCUT2D eigenvalue weighted by atomic mass is 10.0. The van der Waals surface area contributed by atoms with Crippen molar-refractivity contribution in [1.29, 1.82) is 0 Å². The van der Waals surface area contributed by atoms with Crippen molar-refractivity contribution < 1.29 is 14.3 Å². The number of rotatable bonds is 3. The topological polar surface area (TPSA) is 81.5 Å². The van der Waals surface area contributed by atoms with Gasteiger partial charge in [0.1, 0.15) is 0 Å². The van der Waals surface area contributed by atoms with Gasteiger partial charge in [-0.1, -0.05) is 18.1 Å². The molecule has 1 N–H and O–H groups in total. The van der Waals surface area contributed by atoms with E-state index >= 15 is 0 Å². The zero-order valence-electron chi connectivity index (χ0n) is 15.8. The molecule has 28 heavy (non-hydrogen) atoms. The van der Waals surface area contributed by atoms with Gasteiger partial charge < -0.3 is 19.7 Å². The van der Waals surface area contributed by atoms with Crippen LogP contribution in [-0.2, 0) is 0 Å². The lowest BCUT2D eigenvalue weighted by molar-refractivity contribution is 0.174. The molecule has 1 saturated heterocycles. The van der Waals surface area contributed by atoms with E-state index < -0.39 is 0 Å². The molecule has 3 aliphatic rings. The van der Waals surface area contributed by atoms with Gasteiger partial charge in [-0.2, -0.15) is 0 Å². The zero-order chi connectivity index (χ0) is 18.9. The molecule has 0 radical (unpaired) electrons. The highest BCUT2D eigenvalue weighted by molar-refractivity contribution is 5.89. The number of aromatic nitrogens is 3. The van der Waals surface area contributed by atoms with Crippen molar-refractivity contribution in [2.24, 2.45) is 0 Å². The molecule has 148 valence electrons. The van der Waals surface area contributed by atoms with Gasteiger partial charge in [-0.3, -0.25) is 0 Å². The third kappa shape index (κ3) is 3.39. The van der Waals surface area contributed by atoms with Crippen molar-refractivity contribution in [2.75, 3.05) is 25.2 Å². The van der Waals surface area contributed by atoms with Gasteiger partial charge in [0.15, 0.2) is 11.5 Å². The molecule has 2 amide bonds. The van der Waals surface area contributed by atoms with Gasteiger partial charge >= 0.3 is 6.03 Å². The number of hydrogen-bond donors (Lipinski definition) is 1. The summed E-state index contributed by atoms with van der Waals surface area (Å²) in [5, 5.41) is 11.7. The fraction of sp³-hybridized carbons (Fsp3) is 0.550. The molecule has 0 spiro atoms. The normalized spacial score (nSPS) is 19.9. The summed E-state index contributed by atoms with van der Waals surface area (Å²) in [6, 6.07) is 5.68. The third-order valence-corrected chi connectivity index (χ3v) is 6.05. The Morgan fingerprint density at radius 3 is 2.68 bits per heavy atom. The van der Waals surface area contributed by atoms with Gasteiger partial charge in [-0.25, -0.2) is 9.48 Å². The standard InChI is InChI=1S/C20H25N5O3/c26-20(21-15-5-6-18-19(11-15)28-13-27-18)24-9-7-16(8-10-24)25-12-17(22-23-25)14-3-1-2-4-14/h5-6,11-12,14,16H,1-4,7-10,13H2,(H,21,26). The molecule has 2 aliphatic heterocycles. The van der Waals surface area contributed by atoms with Gasteiger partial charge in [-0.15, -0.1) is 5.10 Å². The Kier molecular flexibility index (Phi) is 4.54. The molecule has 1 aliphatic carbocycles. The van der Waals surface area contributed by atoms with Crippen molar-refractivity contribution >= 4 is 11.7 Å². The van der Waals surface area contributed by atoms with Crippen LogP contribution in [0.5, 0.6) is 11.5 Å². The maximum atomic E-state index is 12.6. The number of ether oxygens (including phenoxy) is 2. The van der Waals surface area contributed by atoms with E-state index in [1.54, 1.807) is 6.07 Å². The van der Waals surface area contributed by atoms with Crippen molar-refractivity contribution in [1.82, 2.24) is 19.9 Å². The number of amides is 2. The summed E-state index contributed by atoms with van der Waals surface area (Å²) in [6.07, 6.45) is 8.98. The summed E-state index contributed by atoms with van der Waals surface area (Å²) in [7, 11) is 0. The number of fused-ring (bicyclic) bond motifs is 1. The molecule has 8 heteroatoms. The van der Waals surface area contributed by atoms with Gasteiger partial charge in [0, 0.05) is 37.0 Å². The lowest BCUT2D eigenvalue weighted by Crippen LogP contribution is -2.41. The number of nitrogens with one attached hydrogen (secondary N) is 1. The number of hydrogen-bond acceptors (Lipinski definition) is 5. The average molecular weight is 383 g/mol. The lowest BCUT2D eigenvalue weighted by Gasteiger charge is -2.31. The van der Waals surface area contributed by atoms with E-state index in [9.17, 15) is 4.79 Å². The number of urea groups is 1. The molecule has 0 bridgehead atoms. The molecule has 5 rings (SSSR count). The van der Waals surface area contributed by atoms with Crippen LogP contribution in [0, 0.1) is 0 Å². The molecule has 2 aromatic rings. The van der Waals surface area contributed by atoms with E-state index in [0.29, 0.717) is 42.2 Å². The van der Waals surface area contributed by atoms with Crippen LogP contribution in [0.25, 0.3) is 0 Å². The second-order valence-electron chi connectivity index (χ2n) is 7.82. The van der Waals surface area contributed by atoms with Crippen LogP contribution < -0.4 is 14.8 Å². The first-order valence-corrected chi connectivity index (χ1v) is 10.1. The minimum atomic E-state index is -0.0810. The first-order chi connectivity index (χ1) is 13.8. The maximum Gasteiger partial charge on any atom is 0.321 e. The highest BCUT2D eigenvalue weighted by Crippen LogP contribution is 2.35. The maximum absolute atomic E-state index is 12.6. The Bertz CT molecular complexity index is 853. The van der Waals surface area contributed by atoms with Gasteiger partial charge in [0.2, 0.25) is 6.79 Å². The van der Waals surface area contributed by atoms with Crippen molar-refractivity contribution in [3.8, 4) is 11.5 Å². The number of likely N-dealkylation sites (tertiary alicyclic amines) is 1. The molecule has 8 nitrogen and oxygen atoms in total. The van der Waals surface area contributed by atoms with E-state index in [1.165, 1.54) is 25.7 Å². The quantitative estimate of drug-likeness (QED) is 0.877. The fourth-order valence-electron chi connectivity index (χ4n) is 4.39. The summed E-state index contributed by atoms with van der Waals surface area (Å²) in [6.45, 7) is 1.64. The second-order valence-corrected chi connectivity index (χ2v) is 7.82. The Labute approximate surface area is 163 Å². The van der Waals surface area contributed by atoms with Gasteiger partial charge in [-0.05, 0) is 37.8 Å². The highest BCUT2D eigenvalue weighted by atomic mass is 16.7. The molecular formula is C20H25N5O3. The minimum Gasteiger partial charge on any atom is -0.454 e. The Morgan fingerprint density at radius 1 is 1.07 bits per heavy atom. The number of nitrogens with zero attached hydrogens (tertiary/aromatic N) is 4. The SMILES string of the molecule is O=C(Nc1ccc2c(c1)OCO2)N1CCC(n2cc(C3CCCC3)nn2)CC1. The summed E-state index contributed by atoms with van der Waals surface area (Å²) in [4.78, 5) is 14.5. The minimum absolute atomic E-state index is 0.0810. The first-order valence-electron chi connectivity index (χ1n) is 10.1. The molecule has 3 heterocycles. The summed E-state index contributed by atoms with van der Waals surface area (Å²) >= 11 is 0. The zero-order valence-corrected chi connectivity index (χ0v) is 15.8. The third-order valence-electron chi connectivity index (χ3n) is 6.05. The monoisotopic (exact) mass is 383 g/mol. The Hall–Kier alpha value is -2.77. The molecule has 1 aromatic carbocycles. The second kappa shape index (κ2) is 7.33. The van der Waals surface area contributed by atoms with Crippen LogP contribution in [0.4, 0.5) is 10.5 Å². The van der Waals surface area contributed by atoms with E-state index in [0.717, 1.165) is 18.5 Å². The van der Waals surface area contributed by atoms with Crippen molar-refractivity contribution in [2.45, 2.75) is 50.5 Å². The van der Waals surface area contributed by atoms with E-state index in [-0.39, 0.29) is 12.8 Å². The van der Waals surface area contributed by atoms with E-state index in [4.69, 9.17) is 9.47 Å². The smallest absolute Gasteiger partial charge is 0.321 e. The fourth-order valence-corrected chi connectivity index (χ4v) is 4.39. The molecule has 1 aromatic heterocycles. The number of piperidine rings is 1. The molecule has 0 unspecified atom stereocenters. The highest BCUT2D eigenvalue weighted by Gasteiger charge is 2.27. The molecule has 1 saturated carbocycles. The van der Waals surface area contributed by atoms with E-state index in [1.807, 2.05) is 21.7 Å². The summed E-state index contributed by atoms with van der Waals surface area (Å²) in [5.74, 6) is 1.96. The molecule has 0 atom stereocenters. The van der Waals surface area contributed by atoms with Crippen LogP contribution in [0.3, 0.4) is 0 Å². The van der Waals surface area contributed by atoms with Crippen LogP contribution in [-0.4, -0.2) is 45.8 Å². The van der Waals surface area contributed by atoms with Crippen molar-refractivity contribution in [3.63, 3.8) is 0 Å². The first kappa shape index (κ1) is 17.3. The van der Waals surface area contributed by atoms with Crippen molar-refractivity contribution in [3.05, 3.63) is 30.1 Å². The molecular weight excluding hydrogens is 358 g/mol. The number of anilines is 1. The van der Waals surface area contributed by atoms with Crippen LogP contribution in [0.15, 0.2) is 24.4 Å². The van der Waals surface area contributed by atoms with Crippen LogP contribution >= 0.6 is 0 Å². The van der Waals surface area contributed by atoms with Crippen LogP contribution in [0.1, 0.15) is 56.2 Å². The number of carbonyl (C=O) groups is 1. The van der Waals surface area contributed by atoms with Crippen LogP contribution in [0.2, 0.25) is 0 Å². The number of benzene rings is 1. The molecule has 2 fully saturated rings. The van der Waals surface area contributed by atoms with E-state index in [2.05, 4.69) is 21.8 Å². The number of carbonyl (C=O) groups excluding carboxylic acids is 1. The van der Waals surface area contributed by atoms with Gasteiger partial charge in [0.05, 0.1) is 11.7 Å². The largest absolute Gasteiger partial charge is 0.454 e. The predicted octanol–water partition coefficient (Wildman–Crippen LogP) is 3.53. The summed E-state index contributed by atoms with van der Waals surface area (Å²) < 4.78 is 12.7. The average Bonchev–Trinajstić information content (AvgIpc) is 3.48. The Morgan fingerprint density at radius 2 is 1.86 bits per heavy atom. The summed E-state index contributed by atoms with van der Waals surface area (Å²) in [5.41, 5.74) is 1.86. The predicted molar refractivity (Wildman–Crippen MR) is 103 cm³/mol.